The number of rotatable bonds is 5. The molecule has 2 N–H and O–H groups in total. The fourth-order valence-corrected chi connectivity index (χ4v) is 3.97. The number of hydrogen-bond donors (Lipinski definition) is 2. The Morgan fingerprint density at radius 1 is 1.07 bits per heavy atom. The highest BCUT2D eigenvalue weighted by Gasteiger charge is 2.24. The van der Waals surface area contributed by atoms with Gasteiger partial charge in [0.15, 0.2) is 0 Å². The van der Waals surface area contributed by atoms with Crippen molar-refractivity contribution in [3.63, 3.8) is 0 Å². The Hall–Kier alpha value is -3.22. The molecule has 0 unspecified atom stereocenters. The third kappa shape index (κ3) is 4.35. The molecule has 0 atom stereocenters. The monoisotopic (exact) mass is 411 g/mol. The summed E-state index contributed by atoms with van der Waals surface area (Å²) in [6.45, 7) is 1.44. The van der Waals surface area contributed by atoms with Gasteiger partial charge in [-0.1, -0.05) is 18.2 Å². The van der Waals surface area contributed by atoms with Crippen LogP contribution in [0.5, 0.6) is 0 Å². The van der Waals surface area contributed by atoms with E-state index in [4.69, 9.17) is 0 Å². The summed E-state index contributed by atoms with van der Waals surface area (Å²) in [5.74, 6) is -1.96. The molecular weight excluding hydrogens is 388 g/mol. The second-order valence-electron chi connectivity index (χ2n) is 7.60. The van der Waals surface area contributed by atoms with Gasteiger partial charge >= 0.3 is 0 Å². The van der Waals surface area contributed by atoms with Gasteiger partial charge in [-0.2, -0.15) is 0 Å². The topological polar surface area (TPSA) is 65.2 Å². The smallest absolute Gasteiger partial charge is 0.254 e. The largest absolute Gasteiger partial charge is 0.358 e. The highest BCUT2D eigenvalue weighted by Crippen LogP contribution is 2.30. The van der Waals surface area contributed by atoms with E-state index >= 15 is 0 Å². The number of nitrogens with zero attached hydrogens (tertiary/aromatic N) is 1. The van der Waals surface area contributed by atoms with Crippen molar-refractivity contribution in [3.8, 4) is 0 Å². The average Bonchev–Trinajstić information content (AvgIpc) is 3.18. The fraction of sp³-hybridized carbons (Fsp3) is 0.304. The molecule has 156 valence electrons. The van der Waals surface area contributed by atoms with E-state index in [1.165, 1.54) is 11.1 Å². The summed E-state index contributed by atoms with van der Waals surface area (Å²) in [5.41, 5.74) is 2.10. The van der Waals surface area contributed by atoms with Crippen LogP contribution in [-0.2, 0) is 4.79 Å². The zero-order chi connectivity index (χ0) is 21.1. The first-order valence-corrected chi connectivity index (χ1v) is 10.1. The molecule has 2 amide bonds. The molecule has 1 aromatic heterocycles. The van der Waals surface area contributed by atoms with Gasteiger partial charge in [-0.3, -0.25) is 9.59 Å². The number of halogens is 2. The van der Waals surface area contributed by atoms with Gasteiger partial charge in [0.1, 0.15) is 11.6 Å². The van der Waals surface area contributed by atoms with Crippen LogP contribution in [0.2, 0.25) is 0 Å². The number of H-pyrrole nitrogens is 1. The summed E-state index contributed by atoms with van der Waals surface area (Å²) in [4.78, 5) is 29.7. The number of aromatic amines is 1. The van der Waals surface area contributed by atoms with Crippen molar-refractivity contribution in [2.24, 2.45) is 0 Å². The van der Waals surface area contributed by atoms with Gasteiger partial charge in [-0.15, -0.1) is 0 Å². The lowest BCUT2D eigenvalue weighted by Gasteiger charge is -2.31. The number of nitrogens with one attached hydrogen (secondary N) is 2. The predicted molar refractivity (Wildman–Crippen MR) is 110 cm³/mol. The third-order valence-corrected chi connectivity index (χ3v) is 5.64. The standard InChI is InChI=1S/C23H23F2N3O2/c24-17-5-6-18(19(25)14-17)23(30)26-10-7-22(29)28-11-8-15(9-12-28)21-13-16-3-1-2-4-20(16)27-21/h1-6,13-15,27H,7-12H2,(H,26,30). The molecule has 0 saturated carbocycles. The molecule has 1 saturated heterocycles. The Morgan fingerprint density at radius 3 is 2.57 bits per heavy atom. The molecule has 0 spiro atoms. The molecule has 5 nitrogen and oxygen atoms in total. The molecule has 1 aliphatic heterocycles. The van der Waals surface area contributed by atoms with Crippen molar-refractivity contribution in [3.05, 3.63) is 71.4 Å². The molecule has 1 fully saturated rings. The number of piperidine rings is 1. The van der Waals surface area contributed by atoms with Crippen LogP contribution in [0, 0.1) is 11.6 Å². The van der Waals surface area contributed by atoms with Gasteiger partial charge in [0.25, 0.3) is 5.91 Å². The number of aromatic nitrogens is 1. The van der Waals surface area contributed by atoms with Crippen molar-refractivity contribution < 1.29 is 18.4 Å². The molecule has 30 heavy (non-hydrogen) atoms. The van der Waals surface area contributed by atoms with Crippen molar-refractivity contribution >= 4 is 22.7 Å². The highest BCUT2D eigenvalue weighted by atomic mass is 19.1. The summed E-state index contributed by atoms with van der Waals surface area (Å²) in [7, 11) is 0. The van der Waals surface area contributed by atoms with Gasteiger partial charge in [0, 0.05) is 49.2 Å². The molecule has 0 radical (unpaired) electrons. The van der Waals surface area contributed by atoms with E-state index in [0.717, 1.165) is 30.5 Å². The van der Waals surface area contributed by atoms with E-state index in [-0.39, 0.29) is 24.4 Å². The van der Waals surface area contributed by atoms with E-state index in [1.807, 2.05) is 17.0 Å². The number of likely N-dealkylation sites (tertiary alicyclic amines) is 1. The summed E-state index contributed by atoms with van der Waals surface area (Å²) >= 11 is 0. The molecule has 2 aromatic carbocycles. The number of carbonyl (C=O) groups is 2. The van der Waals surface area contributed by atoms with Crippen molar-refractivity contribution in [1.29, 1.82) is 0 Å². The first-order chi connectivity index (χ1) is 14.5. The summed E-state index contributed by atoms with van der Waals surface area (Å²) in [6, 6.07) is 13.1. The predicted octanol–water partition coefficient (Wildman–Crippen LogP) is 3.97. The Morgan fingerprint density at radius 2 is 1.83 bits per heavy atom. The van der Waals surface area contributed by atoms with Crippen LogP contribution in [0.3, 0.4) is 0 Å². The lowest BCUT2D eigenvalue weighted by molar-refractivity contribution is -0.132. The highest BCUT2D eigenvalue weighted by molar-refractivity contribution is 5.94. The molecule has 4 rings (SSSR count). The van der Waals surface area contributed by atoms with Crippen LogP contribution in [0.4, 0.5) is 8.78 Å². The van der Waals surface area contributed by atoms with Crippen molar-refractivity contribution in [2.45, 2.75) is 25.2 Å². The van der Waals surface area contributed by atoms with E-state index in [1.54, 1.807) is 0 Å². The number of para-hydroxylation sites is 1. The average molecular weight is 411 g/mol. The zero-order valence-electron chi connectivity index (χ0n) is 16.5. The zero-order valence-corrected chi connectivity index (χ0v) is 16.5. The number of benzene rings is 2. The molecule has 0 bridgehead atoms. The summed E-state index contributed by atoms with van der Waals surface area (Å²) in [5, 5.41) is 3.72. The maximum absolute atomic E-state index is 13.6. The first-order valence-electron chi connectivity index (χ1n) is 10.1. The minimum absolute atomic E-state index is 0.0371. The second-order valence-corrected chi connectivity index (χ2v) is 7.60. The fourth-order valence-electron chi connectivity index (χ4n) is 3.97. The Labute approximate surface area is 173 Å². The van der Waals surface area contributed by atoms with Crippen LogP contribution >= 0.6 is 0 Å². The summed E-state index contributed by atoms with van der Waals surface area (Å²) in [6.07, 6.45) is 1.91. The maximum atomic E-state index is 13.6. The lowest BCUT2D eigenvalue weighted by atomic mass is 9.93. The minimum Gasteiger partial charge on any atom is -0.358 e. The number of hydrogen-bond acceptors (Lipinski definition) is 2. The van der Waals surface area contributed by atoms with Crippen LogP contribution in [-0.4, -0.2) is 41.3 Å². The SMILES string of the molecule is O=C(NCCC(=O)N1CCC(c2cc3ccccc3[nH]2)CC1)c1ccc(F)cc1F. The van der Waals surface area contributed by atoms with Gasteiger partial charge in [0.2, 0.25) is 5.91 Å². The van der Waals surface area contributed by atoms with Crippen molar-refractivity contribution in [2.75, 3.05) is 19.6 Å². The number of amides is 2. The normalized spacial score (nSPS) is 14.8. The van der Waals surface area contributed by atoms with Crippen LogP contribution in [0.15, 0.2) is 48.5 Å². The van der Waals surface area contributed by atoms with E-state index in [2.05, 4.69) is 28.5 Å². The van der Waals surface area contributed by atoms with E-state index in [9.17, 15) is 18.4 Å². The molecule has 3 aromatic rings. The van der Waals surface area contributed by atoms with Crippen LogP contribution in [0.25, 0.3) is 10.9 Å². The molecule has 1 aliphatic rings. The van der Waals surface area contributed by atoms with Crippen molar-refractivity contribution in [1.82, 2.24) is 15.2 Å². The quantitative estimate of drug-likeness (QED) is 0.667. The van der Waals surface area contributed by atoms with E-state index in [0.29, 0.717) is 25.1 Å². The Kier molecular flexibility index (Phi) is 5.79. The minimum atomic E-state index is -0.919. The second kappa shape index (κ2) is 8.65. The van der Waals surface area contributed by atoms with Gasteiger partial charge < -0.3 is 15.2 Å². The Bertz CT molecular complexity index is 1040. The van der Waals surface area contributed by atoms with Gasteiger partial charge in [-0.25, -0.2) is 8.78 Å². The van der Waals surface area contributed by atoms with Crippen LogP contribution < -0.4 is 5.32 Å². The molecule has 0 aliphatic carbocycles. The number of fused-ring (bicyclic) bond motifs is 1. The third-order valence-electron chi connectivity index (χ3n) is 5.64. The summed E-state index contributed by atoms with van der Waals surface area (Å²) < 4.78 is 26.6. The maximum Gasteiger partial charge on any atom is 0.254 e. The van der Waals surface area contributed by atoms with Gasteiger partial charge in [-0.05, 0) is 42.5 Å². The number of carbonyl (C=O) groups excluding carboxylic acids is 2. The molecular formula is C23H23F2N3O2. The first kappa shape index (κ1) is 20.1. The molecule has 7 heteroatoms. The van der Waals surface area contributed by atoms with E-state index < -0.39 is 17.5 Å². The lowest BCUT2D eigenvalue weighted by Crippen LogP contribution is -2.39. The van der Waals surface area contributed by atoms with Gasteiger partial charge in [0.05, 0.1) is 5.56 Å². The molecule has 2 heterocycles. The Balaban J connectivity index is 1.25. The van der Waals surface area contributed by atoms with Crippen LogP contribution in [0.1, 0.15) is 41.2 Å².